The smallest absolute Gasteiger partial charge is 0.191 e. The molecule has 15 rings (SSSR count). The van der Waals surface area contributed by atoms with E-state index in [1.54, 1.807) is 20.8 Å². The number of nitrogens with one attached hydrogen (secondary N) is 3. The summed E-state index contributed by atoms with van der Waals surface area (Å²) in [5.74, 6) is -3.36. The predicted octanol–water partition coefficient (Wildman–Crippen LogP) is 6.55. The molecule has 0 saturated heterocycles. The number of aliphatic hydroxyl groups is 9. The molecule has 6 fully saturated rings. The second-order valence-corrected chi connectivity index (χ2v) is 29.0. The van der Waals surface area contributed by atoms with Crippen molar-refractivity contribution >= 4 is 86.2 Å². The van der Waals surface area contributed by atoms with Crippen molar-refractivity contribution in [1.82, 2.24) is 74.9 Å². The molecule has 0 spiro atoms. The van der Waals surface area contributed by atoms with Crippen molar-refractivity contribution in [3.8, 4) is 0 Å². The molecule has 6 heterocycles. The lowest BCUT2D eigenvalue weighted by Crippen LogP contribution is -2.33. The largest absolute Gasteiger partial charge is 0.394 e. The van der Waals surface area contributed by atoms with Crippen LogP contribution in [0.15, 0.2) is 69.9 Å². The van der Waals surface area contributed by atoms with E-state index < -0.39 is 182 Å². The monoisotopic (exact) mass is 1570 g/mol. The SMILES string of the molecule is [2H]c1c([2H])c([C@@H]2C[C@H]2Nc2nc(SC([2H])([2H])CC)nc3c2nnn3[C@@H]2C[C@H](OC([2H])([2H])CO)[C@@H](O)[C@H]2O)c([2H])c(F)c1C.[2H]c1c([2H])c([C@@H]2C[C@H]2Nc2nc(SC([2H])([2H])CC)nc3c2nnn3[C@@H]2C[C@H](OCC([2H])([2H])O)[C@@H](O)[C@H]2O)c([2H])c(F)c1C.[2H]c1c([2H])c([C@@H]2C[C@H]2Nc2nc(SC([2H])([2H])CC)nc3c2nnn3[C@@H]2C[C@H](OCCO)[C@@H](O)[C@H]2O)c([2H])c(F)c1C. The first-order chi connectivity index (χ1) is 59.5. The quantitative estimate of drug-likeness (QED) is 0.0168. The van der Waals surface area contributed by atoms with Gasteiger partial charge in [-0.05, 0) is 111 Å². The van der Waals surface area contributed by atoms with E-state index in [9.17, 15) is 54.0 Å². The van der Waals surface area contributed by atoms with Crippen LogP contribution >= 0.6 is 35.3 Å². The molecule has 12 N–H and O–H groups in total. The van der Waals surface area contributed by atoms with Crippen molar-refractivity contribution in [2.75, 3.05) is 72.6 Å². The summed E-state index contributed by atoms with van der Waals surface area (Å²) >= 11 is 2.31. The molecular weight excluding hydrogens is 1460 g/mol. The predicted molar refractivity (Wildman–Crippen MR) is 398 cm³/mol. The second-order valence-electron chi connectivity index (χ2n) is 26.4. The summed E-state index contributed by atoms with van der Waals surface area (Å²) in [6.07, 6.45) is -9.62. The third kappa shape index (κ3) is 17.5. The Hall–Kier alpha value is -7.14. The molecule has 6 aromatic heterocycles. The lowest BCUT2D eigenvalue weighted by atomic mass is 10.1. The van der Waals surface area contributed by atoms with Gasteiger partial charge < -0.3 is 76.1 Å². The Kier molecular flexibility index (Phi) is 18.8. The van der Waals surface area contributed by atoms with Crippen LogP contribution in [0.25, 0.3) is 33.5 Å². The van der Waals surface area contributed by atoms with E-state index in [0.717, 1.165) is 35.3 Å². The van der Waals surface area contributed by atoms with Gasteiger partial charge in [0.05, 0.1) is 93.8 Å². The zero-order valence-corrected chi connectivity index (χ0v) is 61.4. The third-order valence-electron chi connectivity index (χ3n) is 19.0. The van der Waals surface area contributed by atoms with Crippen molar-refractivity contribution in [3.05, 3.63) is 105 Å². The maximum Gasteiger partial charge on any atom is 0.191 e. The lowest BCUT2D eigenvalue weighted by molar-refractivity contribution is -0.0629. The fraction of sp³-hybridized carbons (Fsp3) is 0.583. The fourth-order valence-corrected chi connectivity index (χ4v) is 14.6. The minimum absolute atomic E-state index is 0.0113. The Morgan fingerprint density at radius 2 is 0.778 bits per heavy atom. The summed E-state index contributed by atoms with van der Waals surface area (Å²) in [6.45, 7) is 2.03. The highest BCUT2D eigenvalue weighted by molar-refractivity contribution is 7.99. The van der Waals surface area contributed by atoms with Gasteiger partial charge in [0.25, 0.3) is 0 Å². The molecule has 582 valence electrons. The number of hydrogen-bond donors (Lipinski definition) is 12. The zero-order chi connectivity index (χ0) is 93.0. The lowest BCUT2D eigenvalue weighted by Gasteiger charge is -2.17. The molecule has 6 aliphatic rings. The Morgan fingerprint density at radius 3 is 1.08 bits per heavy atom. The van der Waals surface area contributed by atoms with Crippen LogP contribution in [0.3, 0.4) is 0 Å². The van der Waals surface area contributed by atoms with Crippen LogP contribution < -0.4 is 16.0 Å². The number of thioether (sulfide) groups is 3. The average molecular weight is 1570 g/mol. The topological polar surface area (TPSA) is 415 Å². The first-order valence-corrected chi connectivity index (χ1v) is 37.4. The van der Waals surface area contributed by atoms with Gasteiger partial charge in [-0.2, -0.15) is 0 Å². The van der Waals surface area contributed by atoms with Gasteiger partial charge in [-0.1, -0.05) is 108 Å². The molecule has 36 heteroatoms. The molecule has 0 unspecified atom stereocenters. The van der Waals surface area contributed by atoms with Crippen LogP contribution in [0.2, 0.25) is 0 Å². The molecule has 6 saturated carbocycles. The summed E-state index contributed by atoms with van der Waals surface area (Å²) in [5, 5.41) is 126. The number of hydrogen-bond acceptors (Lipinski definition) is 30. The van der Waals surface area contributed by atoms with Crippen molar-refractivity contribution in [3.63, 3.8) is 0 Å². The molecule has 0 bridgehead atoms. The fourth-order valence-electron chi connectivity index (χ4n) is 13.0. The van der Waals surface area contributed by atoms with Gasteiger partial charge >= 0.3 is 0 Å². The number of aromatic nitrogens is 15. The number of rotatable bonds is 30. The third-order valence-corrected chi connectivity index (χ3v) is 21.4. The number of aliphatic hydroxyl groups excluding tert-OH is 8. The minimum atomic E-state index is -2.64. The van der Waals surface area contributed by atoms with Crippen LogP contribution in [0.1, 0.15) is 174 Å². The average Bonchev–Trinajstić information content (AvgIpc) is 1.60. The number of ether oxygens (including phenoxy) is 3. The molecule has 6 aliphatic carbocycles. The summed E-state index contributed by atoms with van der Waals surface area (Å²) < 4.78 is 217. The number of fused-ring (bicyclic) bond motifs is 3. The normalized spacial score (nSPS) is 30.8. The van der Waals surface area contributed by atoms with Gasteiger partial charge in [-0.3, -0.25) is 0 Å². The highest BCUT2D eigenvalue weighted by Gasteiger charge is 2.49. The second kappa shape index (κ2) is 35.1. The van der Waals surface area contributed by atoms with E-state index in [2.05, 4.69) is 76.8 Å². The van der Waals surface area contributed by atoms with Crippen LogP contribution in [0.4, 0.5) is 30.6 Å². The van der Waals surface area contributed by atoms with Gasteiger partial charge in [0.1, 0.15) is 54.1 Å². The van der Waals surface area contributed by atoms with Gasteiger partial charge in [0.2, 0.25) is 0 Å². The van der Waals surface area contributed by atoms with E-state index >= 15 is 0 Å². The summed E-state index contributed by atoms with van der Waals surface area (Å²) in [6, 6.07) is -6.61. The van der Waals surface area contributed by atoms with Crippen molar-refractivity contribution < 1.29 is 99.4 Å². The molecule has 0 aliphatic heterocycles. The van der Waals surface area contributed by atoms with Crippen LogP contribution in [0.5, 0.6) is 0 Å². The van der Waals surface area contributed by atoms with E-state index in [-0.39, 0.29) is 194 Å². The van der Waals surface area contributed by atoms with Gasteiger partial charge in [0.15, 0.2) is 66.4 Å². The highest BCUT2D eigenvalue weighted by atomic mass is 32.2. The Balaban J connectivity index is 0.000000163. The highest BCUT2D eigenvalue weighted by Crippen LogP contribution is 2.48. The first kappa shape index (κ1) is 57.8. The molecule has 18 atom stereocenters. The van der Waals surface area contributed by atoms with Crippen molar-refractivity contribution in [2.45, 2.75) is 224 Å². The minimum Gasteiger partial charge on any atom is -0.394 e. The number of benzene rings is 3. The summed E-state index contributed by atoms with van der Waals surface area (Å²) in [4.78, 5) is 26.8. The Bertz CT molecular complexity index is 5540. The van der Waals surface area contributed by atoms with Gasteiger partial charge in [-0.25, -0.2) is 57.1 Å². The van der Waals surface area contributed by atoms with Crippen molar-refractivity contribution in [2.24, 2.45) is 0 Å². The van der Waals surface area contributed by atoms with Crippen LogP contribution in [0, 0.1) is 38.2 Å². The number of nitrogens with zero attached hydrogens (tertiary/aromatic N) is 15. The number of anilines is 3. The van der Waals surface area contributed by atoms with E-state index in [4.69, 9.17) is 45.4 Å². The maximum absolute atomic E-state index is 14.6. The van der Waals surface area contributed by atoms with E-state index in [1.165, 1.54) is 34.8 Å². The van der Waals surface area contributed by atoms with Crippen LogP contribution in [-0.2, 0) is 14.2 Å². The molecule has 30 nitrogen and oxygen atoms in total. The molecular formula is C72H93F3N18O12S3. The molecule has 3 aromatic carbocycles. The Morgan fingerprint density at radius 1 is 0.454 bits per heavy atom. The summed E-state index contributed by atoms with van der Waals surface area (Å²) in [5.41, 5.74) is -4.11. The van der Waals surface area contributed by atoms with Crippen molar-refractivity contribution in [1.29, 1.82) is 0 Å². The van der Waals surface area contributed by atoms with Gasteiger partial charge in [-0.15, -0.1) is 15.3 Å². The molecule has 0 amide bonds. The molecule has 108 heavy (non-hydrogen) atoms. The maximum atomic E-state index is 14.6. The van der Waals surface area contributed by atoms with Gasteiger partial charge in [0, 0.05) is 80.5 Å². The standard InChI is InChI=1S/3C24H31FN6O4S/c3*1-3-8-36-24-27-22(26-16-10-14(16)13-5-4-12(2)15(25)9-13)19-23(28-24)31(30-29-19)17-11-18(35-7-6-32)21(34)20(17)33/h3*4-5,9,14,16-18,20-21,32-34H,3,6-8,10-11H2,1-2H3,(H,26,27,28)/t3*14-,16+,17+,18-,20-,21+/m000/s1/i4D,5D,7D2,8D2,9D;4D,5D,6D2,8D2,9D;4D,5D,8D2,9D. The molecule has 0 radical (unpaired) electrons. The van der Waals surface area contributed by atoms with E-state index in [0.29, 0.717) is 19.3 Å². The van der Waals surface area contributed by atoms with E-state index in [1.807, 2.05) is 0 Å². The zero-order valence-electron chi connectivity index (χ0n) is 77.9. The number of halogens is 3. The summed E-state index contributed by atoms with van der Waals surface area (Å²) in [7, 11) is 0. The molecule has 9 aromatic rings. The first-order valence-electron chi connectivity index (χ1n) is 44.5. The van der Waals surface area contributed by atoms with Crippen LogP contribution in [-0.4, -0.2) is 251 Å². The Labute approximate surface area is 659 Å².